The van der Waals surface area contributed by atoms with Crippen LogP contribution >= 0.6 is 0 Å². The molecule has 0 radical (unpaired) electrons. The van der Waals surface area contributed by atoms with Gasteiger partial charge in [-0.2, -0.15) is 0 Å². The predicted molar refractivity (Wildman–Crippen MR) is 295 cm³/mol. The summed E-state index contributed by atoms with van der Waals surface area (Å²) < 4.78 is 10.0. The largest absolute Gasteiger partial charge is 0.310 e. The van der Waals surface area contributed by atoms with Crippen LogP contribution in [0.25, 0.3) is 133 Å². The number of hydrogen-bond donors (Lipinski definition) is 0. The minimum Gasteiger partial charge on any atom is -0.310 e. The van der Waals surface area contributed by atoms with Crippen molar-refractivity contribution in [2.45, 2.75) is 0 Å². The Morgan fingerprint density at radius 3 is 1.13 bits per heavy atom. The Kier molecular flexibility index (Phi) is 7.20. The van der Waals surface area contributed by atoms with E-state index in [0.29, 0.717) is 0 Å². The van der Waals surface area contributed by atoms with Gasteiger partial charge in [-0.15, -0.1) is 0 Å². The van der Waals surface area contributed by atoms with Crippen molar-refractivity contribution in [3.05, 3.63) is 224 Å². The molecule has 6 aromatic heterocycles. The molecule has 0 unspecified atom stereocenters. The lowest BCUT2D eigenvalue weighted by Crippen LogP contribution is -2.59. The molecule has 326 valence electrons. The minimum atomic E-state index is -0.0723. The number of nitrogens with zero attached hydrogens (tertiary/aromatic N) is 6. The molecule has 0 amide bonds. The summed E-state index contributed by atoms with van der Waals surface area (Å²) in [7, 11) is 0. The number of para-hydroxylation sites is 4. The Balaban J connectivity index is 1.04. The maximum atomic E-state index is 5.44. The summed E-state index contributed by atoms with van der Waals surface area (Å²) in [4.78, 5) is 10.9. The molecule has 0 bridgehead atoms. The number of aromatic nitrogens is 6. The monoisotopic (exact) mass is 900 g/mol. The van der Waals surface area contributed by atoms with Gasteiger partial charge in [0.1, 0.15) is 11.6 Å². The van der Waals surface area contributed by atoms with Gasteiger partial charge in [0, 0.05) is 65.6 Å². The van der Waals surface area contributed by atoms with Gasteiger partial charge in [0.05, 0.1) is 55.5 Å². The lowest BCUT2D eigenvalue weighted by molar-refractivity contribution is 1.09. The Labute approximate surface area is 406 Å². The van der Waals surface area contributed by atoms with E-state index in [2.05, 4.69) is 243 Å². The second kappa shape index (κ2) is 13.6. The Bertz CT molecular complexity index is 4520. The lowest BCUT2D eigenvalue weighted by Gasteiger charge is -2.33. The highest BCUT2D eigenvalue weighted by Crippen LogP contribution is 2.46. The number of benzene rings is 9. The van der Waals surface area contributed by atoms with E-state index in [0.717, 1.165) is 45.2 Å². The normalized spacial score (nSPS) is 12.8. The smallest absolute Gasteiger partial charge is 0.252 e. The molecule has 2 aliphatic heterocycles. The summed E-state index contributed by atoms with van der Waals surface area (Å²) in [5, 5.41) is 9.82. The van der Waals surface area contributed by atoms with Crippen LogP contribution in [0, 0.1) is 0 Å². The zero-order valence-electron chi connectivity index (χ0n) is 38.1. The van der Waals surface area contributed by atoms with Crippen LogP contribution in [0.5, 0.6) is 0 Å². The molecule has 17 rings (SSSR count). The van der Waals surface area contributed by atoms with Crippen LogP contribution in [0.3, 0.4) is 0 Å². The lowest BCUT2D eigenvalue weighted by atomic mass is 9.34. The summed E-state index contributed by atoms with van der Waals surface area (Å²) in [5.41, 5.74) is 20.0. The highest BCUT2D eigenvalue weighted by molar-refractivity contribution is 7.00. The van der Waals surface area contributed by atoms with Gasteiger partial charge in [-0.05, 0) is 77.1 Å². The standard InChI is InChI=1S/C64H37BN6/c1-3-18-38(19-4-1)48-26-15-34-56(66-48)70-50-28-11-7-22-40(50)44-36-46-63-58(61(44)70)42-24-9-13-30-52(42)68(63)54-32-17-33-55-60(54)65(46)47-37-45-41-23-8-12-29-51(41)71(57-35-16-27-49(67-57)39-20-5-2-6-21-39)62(45)59-43-25-10-14-31-53(43)69(55)64(47)59/h1-37H. The fourth-order valence-electron chi connectivity index (χ4n) is 13.0. The Hall–Kier alpha value is -9.46. The molecular formula is C64H37BN6. The number of hydrogen-bond acceptors (Lipinski definition) is 2. The number of pyridine rings is 2. The first-order valence-corrected chi connectivity index (χ1v) is 24.5. The van der Waals surface area contributed by atoms with Crippen LogP contribution in [0.15, 0.2) is 224 Å². The van der Waals surface area contributed by atoms with Crippen molar-refractivity contribution in [3.8, 4) is 45.5 Å². The molecule has 0 atom stereocenters. The van der Waals surface area contributed by atoms with Crippen LogP contribution in [0.1, 0.15) is 0 Å². The second-order valence-corrected chi connectivity index (χ2v) is 19.2. The highest BCUT2D eigenvalue weighted by Gasteiger charge is 2.42. The maximum Gasteiger partial charge on any atom is 0.252 e. The third-order valence-electron chi connectivity index (χ3n) is 15.7. The van der Waals surface area contributed by atoms with E-state index in [-0.39, 0.29) is 6.71 Å². The van der Waals surface area contributed by atoms with Crippen molar-refractivity contribution in [3.63, 3.8) is 0 Å². The maximum absolute atomic E-state index is 5.44. The predicted octanol–water partition coefficient (Wildman–Crippen LogP) is 13.3. The van der Waals surface area contributed by atoms with Crippen molar-refractivity contribution in [1.29, 1.82) is 0 Å². The summed E-state index contributed by atoms with van der Waals surface area (Å²) in [5.74, 6) is 1.80. The zero-order chi connectivity index (χ0) is 46.1. The van der Waals surface area contributed by atoms with Crippen molar-refractivity contribution in [2.24, 2.45) is 0 Å². The van der Waals surface area contributed by atoms with Gasteiger partial charge in [-0.3, -0.25) is 9.13 Å². The van der Waals surface area contributed by atoms with E-state index in [9.17, 15) is 0 Å². The van der Waals surface area contributed by atoms with Crippen LogP contribution < -0.4 is 16.4 Å². The van der Waals surface area contributed by atoms with Crippen molar-refractivity contribution in [2.75, 3.05) is 0 Å². The van der Waals surface area contributed by atoms with Crippen LogP contribution in [0.4, 0.5) is 0 Å². The molecule has 6 nitrogen and oxygen atoms in total. The number of fused-ring (bicyclic) bond motifs is 18. The highest BCUT2D eigenvalue weighted by atomic mass is 15.1. The van der Waals surface area contributed by atoms with Crippen molar-refractivity contribution < 1.29 is 0 Å². The first kappa shape index (κ1) is 37.5. The van der Waals surface area contributed by atoms with E-state index in [1.165, 1.54) is 104 Å². The van der Waals surface area contributed by atoms with Gasteiger partial charge in [0.15, 0.2) is 0 Å². The molecular weight excluding hydrogens is 864 g/mol. The van der Waals surface area contributed by atoms with Gasteiger partial charge in [-0.25, -0.2) is 9.97 Å². The van der Waals surface area contributed by atoms with E-state index >= 15 is 0 Å². The molecule has 8 heterocycles. The molecule has 0 saturated carbocycles. The second-order valence-electron chi connectivity index (χ2n) is 19.2. The van der Waals surface area contributed by atoms with E-state index < -0.39 is 0 Å². The molecule has 0 N–H and O–H groups in total. The van der Waals surface area contributed by atoms with E-state index in [1.54, 1.807) is 0 Å². The Morgan fingerprint density at radius 2 is 0.676 bits per heavy atom. The van der Waals surface area contributed by atoms with Crippen LogP contribution in [-0.2, 0) is 0 Å². The van der Waals surface area contributed by atoms with Crippen LogP contribution in [-0.4, -0.2) is 34.9 Å². The summed E-state index contributed by atoms with van der Waals surface area (Å²) in [6, 6.07) is 81.9. The van der Waals surface area contributed by atoms with E-state index in [1.807, 2.05) is 0 Å². The Morgan fingerprint density at radius 1 is 0.296 bits per heavy atom. The average molecular weight is 901 g/mol. The SMILES string of the molecule is c1ccc(-c2cccc(-n3c4ccccc4c4cc5c6c(c7ccccc7n6-c6cccc7c6B5c5cc6c8ccccc8n(-c8cccc(-c9ccccc9)n8)c6c6c8ccccc8n-7c56)c43)n2)cc1. The quantitative estimate of drug-likeness (QED) is 0.165. The zero-order valence-corrected chi connectivity index (χ0v) is 38.1. The molecule has 0 fully saturated rings. The molecule has 0 saturated heterocycles. The third kappa shape index (κ3) is 4.77. The first-order chi connectivity index (χ1) is 35.3. The summed E-state index contributed by atoms with van der Waals surface area (Å²) in [6.45, 7) is -0.0723. The molecule has 71 heavy (non-hydrogen) atoms. The summed E-state index contributed by atoms with van der Waals surface area (Å²) >= 11 is 0. The molecule has 15 aromatic rings. The minimum absolute atomic E-state index is 0.0723. The van der Waals surface area contributed by atoms with Gasteiger partial charge in [-0.1, -0.05) is 164 Å². The fourth-order valence-corrected chi connectivity index (χ4v) is 13.0. The average Bonchev–Trinajstić information content (AvgIpc) is 4.18. The van der Waals surface area contributed by atoms with Crippen molar-refractivity contribution in [1.82, 2.24) is 28.2 Å². The van der Waals surface area contributed by atoms with E-state index in [4.69, 9.17) is 9.97 Å². The molecule has 9 aromatic carbocycles. The fraction of sp³-hybridized carbons (Fsp3) is 0. The molecule has 7 heteroatoms. The van der Waals surface area contributed by atoms with Gasteiger partial charge >= 0.3 is 0 Å². The van der Waals surface area contributed by atoms with Crippen molar-refractivity contribution >= 4 is 110 Å². The summed E-state index contributed by atoms with van der Waals surface area (Å²) in [6.07, 6.45) is 0. The van der Waals surface area contributed by atoms with Gasteiger partial charge in [0.2, 0.25) is 0 Å². The molecule has 2 aliphatic rings. The number of rotatable bonds is 4. The molecule has 0 spiro atoms. The topological polar surface area (TPSA) is 45.5 Å². The third-order valence-corrected chi connectivity index (χ3v) is 15.7. The van der Waals surface area contributed by atoms with Gasteiger partial charge < -0.3 is 9.13 Å². The molecule has 0 aliphatic carbocycles. The first-order valence-electron chi connectivity index (χ1n) is 24.5. The van der Waals surface area contributed by atoms with Crippen LogP contribution in [0.2, 0.25) is 0 Å². The van der Waals surface area contributed by atoms with Gasteiger partial charge in [0.25, 0.3) is 6.71 Å².